The fourth-order valence-corrected chi connectivity index (χ4v) is 3.73. The van der Waals surface area contributed by atoms with Crippen LogP contribution < -0.4 is 15.4 Å². The number of carbonyl (C=O) groups is 2. The van der Waals surface area contributed by atoms with Gasteiger partial charge < -0.3 is 20.3 Å². The second kappa shape index (κ2) is 11.6. The molecule has 3 aromatic heterocycles. The molecule has 36 heavy (non-hydrogen) atoms. The summed E-state index contributed by atoms with van der Waals surface area (Å²) in [6, 6.07) is 1.46. The molecular formula is C21H21ClF3N7O3S. The predicted octanol–water partition coefficient (Wildman–Crippen LogP) is 3.68. The van der Waals surface area contributed by atoms with Crippen molar-refractivity contribution >= 4 is 40.6 Å². The number of aromatic nitrogens is 4. The van der Waals surface area contributed by atoms with Crippen molar-refractivity contribution in [1.82, 2.24) is 30.2 Å². The van der Waals surface area contributed by atoms with Gasteiger partial charge in [-0.2, -0.15) is 13.2 Å². The Bertz CT molecular complexity index is 1240. The molecule has 1 atom stereocenters. The second-order valence-corrected chi connectivity index (χ2v) is 9.12. The van der Waals surface area contributed by atoms with Crippen LogP contribution in [0.15, 0.2) is 30.9 Å². The van der Waals surface area contributed by atoms with Crippen molar-refractivity contribution in [2.75, 3.05) is 32.6 Å². The number of anilines is 1. The largest absolute Gasteiger partial charge is 0.476 e. The molecule has 0 aliphatic carbocycles. The summed E-state index contributed by atoms with van der Waals surface area (Å²) in [6.07, 6.45) is -1.43. The van der Waals surface area contributed by atoms with Crippen molar-refractivity contribution in [3.63, 3.8) is 0 Å². The molecule has 0 aliphatic rings. The molecule has 0 saturated heterocycles. The monoisotopic (exact) mass is 543 g/mol. The van der Waals surface area contributed by atoms with Crippen LogP contribution >= 0.6 is 22.9 Å². The van der Waals surface area contributed by atoms with E-state index in [-0.39, 0.29) is 22.3 Å². The maximum atomic E-state index is 13.0. The van der Waals surface area contributed by atoms with E-state index >= 15 is 0 Å². The van der Waals surface area contributed by atoms with Crippen LogP contribution in [-0.4, -0.2) is 63.9 Å². The van der Waals surface area contributed by atoms with Crippen LogP contribution in [0, 0.1) is 0 Å². The van der Waals surface area contributed by atoms with E-state index in [1.54, 1.807) is 6.92 Å². The number of thiazole rings is 1. The Balaban J connectivity index is 1.62. The normalized spacial score (nSPS) is 12.3. The molecule has 192 valence electrons. The van der Waals surface area contributed by atoms with Crippen LogP contribution in [-0.2, 0) is 6.18 Å². The molecule has 0 saturated carbocycles. The van der Waals surface area contributed by atoms with Crippen LogP contribution in [0.5, 0.6) is 5.88 Å². The lowest BCUT2D eigenvalue weighted by Crippen LogP contribution is -2.27. The topological polar surface area (TPSA) is 122 Å². The van der Waals surface area contributed by atoms with E-state index in [2.05, 4.69) is 30.6 Å². The molecule has 10 nitrogen and oxygen atoms in total. The number of amides is 2. The molecule has 0 bridgehead atoms. The Hall–Kier alpha value is -3.36. The van der Waals surface area contributed by atoms with Crippen LogP contribution in [0.1, 0.15) is 43.7 Å². The molecule has 2 N–H and O–H groups in total. The number of nitrogens with zero attached hydrogens (tertiary/aromatic N) is 5. The summed E-state index contributed by atoms with van der Waals surface area (Å²) in [4.78, 5) is 42.9. The first-order valence-electron chi connectivity index (χ1n) is 10.3. The fraction of sp³-hybridized carbons (Fsp3) is 0.333. The van der Waals surface area contributed by atoms with Crippen molar-refractivity contribution in [3.8, 4) is 5.88 Å². The zero-order valence-corrected chi connectivity index (χ0v) is 20.8. The van der Waals surface area contributed by atoms with Gasteiger partial charge in [-0.1, -0.05) is 11.6 Å². The number of nitrogens with one attached hydrogen (secondary N) is 2. The van der Waals surface area contributed by atoms with E-state index in [0.29, 0.717) is 24.2 Å². The number of pyridine rings is 1. The SMILES string of the molecule is CC(NC(=O)c1cc(OCCN(C)C)ncn1)c1ncc(C(=O)Nc2cc(C(F)(F)F)c(Cl)cn2)s1. The summed E-state index contributed by atoms with van der Waals surface area (Å²) < 4.78 is 44.6. The zero-order valence-electron chi connectivity index (χ0n) is 19.3. The smallest absolute Gasteiger partial charge is 0.418 e. The molecule has 0 spiro atoms. The molecular weight excluding hydrogens is 523 g/mol. The maximum absolute atomic E-state index is 13.0. The van der Waals surface area contributed by atoms with Gasteiger partial charge in [-0.15, -0.1) is 11.3 Å². The van der Waals surface area contributed by atoms with Crippen LogP contribution in [0.2, 0.25) is 5.02 Å². The molecule has 3 heterocycles. The van der Waals surface area contributed by atoms with Crippen molar-refractivity contribution in [2.24, 2.45) is 0 Å². The van der Waals surface area contributed by atoms with Gasteiger partial charge in [-0.3, -0.25) is 9.59 Å². The number of halogens is 4. The summed E-state index contributed by atoms with van der Waals surface area (Å²) in [5.41, 5.74) is -1.03. The van der Waals surface area contributed by atoms with Gasteiger partial charge in [0, 0.05) is 18.8 Å². The van der Waals surface area contributed by atoms with E-state index in [1.807, 2.05) is 19.0 Å². The highest BCUT2D eigenvalue weighted by Gasteiger charge is 2.34. The van der Waals surface area contributed by atoms with Gasteiger partial charge in [0.05, 0.1) is 22.8 Å². The number of carbonyl (C=O) groups excluding carboxylic acids is 2. The second-order valence-electron chi connectivity index (χ2n) is 7.65. The lowest BCUT2D eigenvalue weighted by atomic mass is 10.2. The van der Waals surface area contributed by atoms with Crippen molar-refractivity contribution < 1.29 is 27.5 Å². The van der Waals surface area contributed by atoms with Crippen LogP contribution in [0.3, 0.4) is 0 Å². The number of alkyl halides is 3. The third-order valence-electron chi connectivity index (χ3n) is 4.53. The van der Waals surface area contributed by atoms with Gasteiger partial charge in [0.15, 0.2) is 0 Å². The highest BCUT2D eigenvalue weighted by molar-refractivity contribution is 7.13. The average molecular weight is 544 g/mol. The minimum atomic E-state index is -4.70. The molecule has 1 unspecified atom stereocenters. The molecule has 0 aliphatic heterocycles. The quantitative estimate of drug-likeness (QED) is 0.419. The molecule has 0 aromatic carbocycles. The third kappa shape index (κ3) is 7.32. The Morgan fingerprint density at radius 2 is 1.89 bits per heavy atom. The van der Waals surface area contributed by atoms with Gasteiger partial charge >= 0.3 is 6.18 Å². The molecule has 3 rings (SSSR count). The van der Waals surface area contributed by atoms with E-state index in [0.717, 1.165) is 17.5 Å². The fourth-order valence-electron chi connectivity index (χ4n) is 2.70. The number of hydrogen-bond donors (Lipinski definition) is 2. The number of likely N-dealkylation sites (N-methyl/N-ethyl adjacent to an activating group) is 1. The molecule has 2 amide bonds. The highest BCUT2D eigenvalue weighted by Crippen LogP contribution is 2.35. The number of hydrogen-bond acceptors (Lipinski definition) is 9. The average Bonchev–Trinajstić information content (AvgIpc) is 3.30. The van der Waals surface area contributed by atoms with Gasteiger partial charge in [-0.25, -0.2) is 19.9 Å². The highest BCUT2D eigenvalue weighted by atomic mass is 35.5. The zero-order chi connectivity index (χ0) is 26.5. The third-order valence-corrected chi connectivity index (χ3v) is 6.01. The van der Waals surface area contributed by atoms with Crippen LogP contribution in [0.4, 0.5) is 19.0 Å². The van der Waals surface area contributed by atoms with Crippen molar-refractivity contribution in [2.45, 2.75) is 19.1 Å². The minimum Gasteiger partial charge on any atom is -0.476 e. The van der Waals surface area contributed by atoms with E-state index in [1.165, 1.54) is 18.6 Å². The van der Waals surface area contributed by atoms with Gasteiger partial charge in [0.1, 0.15) is 34.3 Å². The standard InChI is InChI=1S/C21H21ClF3N7O3S/c1-11(30-18(33)14-7-17(29-10-28-14)35-5-4-32(2)3)20-27-9-15(36-20)19(34)31-16-6-12(21(23,24)25)13(22)8-26-16/h6-11H,4-5H2,1-3H3,(H,30,33)(H,26,31,34). The minimum absolute atomic E-state index is 0.0838. The summed E-state index contributed by atoms with van der Waals surface area (Å²) in [7, 11) is 3.80. The maximum Gasteiger partial charge on any atom is 0.418 e. The molecule has 15 heteroatoms. The van der Waals surface area contributed by atoms with Gasteiger partial charge in [0.25, 0.3) is 11.8 Å². The lowest BCUT2D eigenvalue weighted by molar-refractivity contribution is -0.137. The molecule has 0 radical (unpaired) electrons. The first kappa shape index (κ1) is 27.2. The Morgan fingerprint density at radius 3 is 2.58 bits per heavy atom. The Morgan fingerprint density at radius 1 is 1.14 bits per heavy atom. The Kier molecular flexibility index (Phi) is 8.76. The van der Waals surface area contributed by atoms with Crippen molar-refractivity contribution in [1.29, 1.82) is 0 Å². The summed E-state index contributed by atoms with van der Waals surface area (Å²) in [6.45, 7) is 2.71. The number of ether oxygens (including phenoxy) is 1. The molecule has 3 aromatic rings. The van der Waals surface area contributed by atoms with Gasteiger partial charge in [0.2, 0.25) is 5.88 Å². The predicted molar refractivity (Wildman–Crippen MR) is 126 cm³/mol. The first-order chi connectivity index (χ1) is 16.9. The molecule has 0 fully saturated rings. The lowest BCUT2D eigenvalue weighted by Gasteiger charge is -2.12. The van der Waals surface area contributed by atoms with Crippen LogP contribution in [0.25, 0.3) is 0 Å². The van der Waals surface area contributed by atoms with Gasteiger partial charge in [-0.05, 0) is 27.1 Å². The van der Waals surface area contributed by atoms with E-state index in [4.69, 9.17) is 16.3 Å². The van der Waals surface area contributed by atoms with Crippen molar-refractivity contribution in [3.05, 3.63) is 57.0 Å². The van der Waals surface area contributed by atoms with E-state index < -0.39 is 34.6 Å². The van der Waals surface area contributed by atoms with E-state index in [9.17, 15) is 22.8 Å². The summed E-state index contributed by atoms with van der Waals surface area (Å²) >= 11 is 6.51. The first-order valence-corrected chi connectivity index (χ1v) is 11.5. The number of rotatable bonds is 9. The summed E-state index contributed by atoms with van der Waals surface area (Å²) in [5, 5.41) is 4.82. The Labute approximate surface area is 212 Å². The summed E-state index contributed by atoms with van der Waals surface area (Å²) in [5.74, 6) is -1.29.